The lowest BCUT2D eigenvalue weighted by Crippen LogP contribution is -2.22. The van der Waals surface area contributed by atoms with Crippen molar-refractivity contribution in [3.63, 3.8) is 0 Å². The average Bonchev–Trinajstić information content (AvgIpc) is 3.15. The molecule has 3 N–H and O–H groups in total. The van der Waals surface area contributed by atoms with Gasteiger partial charge in [0.15, 0.2) is 5.96 Å². The van der Waals surface area contributed by atoms with Crippen LogP contribution in [0.25, 0.3) is 0 Å². The van der Waals surface area contributed by atoms with Crippen molar-refractivity contribution in [3.05, 3.63) is 71.8 Å². The fourth-order valence-electron chi connectivity index (χ4n) is 2.73. The number of hydrogen-bond acceptors (Lipinski definition) is 2. The number of aryl methyl sites for hydroxylation is 1. The summed E-state index contributed by atoms with van der Waals surface area (Å²) >= 11 is 0. The molecule has 0 radical (unpaired) electrons. The van der Waals surface area contributed by atoms with E-state index < -0.39 is 0 Å². The smallest absolute Gasteiger partial charge is 0.193 e. The first-order valence-electron chi connectivity index (χ1n) is 8.39. The third-order valence-corrected chi connectivity index (χ3v) is 4.16. The minimum absolute atomic E-state index is 0.441. The summed E-state index contributed by atoms with van der Waals surface area (Å²) in [5.74, 6) is 0.441. The van der Waals surface area contributed by atoms with Crippen molar-refractivity contribution in [1.82, 2.24) is 0 Å². The maximum absolute atomic E-state index is 6.00. The Balaban J connectivity index is 1.57. The molecule has 0 fully saturated rings. The number of anilines is 2. The van der Waals surface area contributed by atoms with E-state index >= 15 is 0 Å². The van der Waals surface area contributed by atoms with Crippen molar-refractivity contribution < 1.29 is 0 Å². The van der Waals surface area contributed by atoms with E-state index in [0.29, 0.717) is 12.5 Å². The van der Waals surface area contributed by atoms with Gasteiger partial charge in [0.2, 0.25) is 0 Å². The van der Waals surface area contributed by atoms with Crippen molar-refractivity contribution in [2.45, 2.75) is 19.9 Å². The van der Waals surface area contributed by atoms with E-state index in [-0.39, 0.29) is 0 Å². The standard InChI is InChI=1S/C20H24N4/c1-2-16-6-5-7-18(14-16)23-20(21)22-15-17-8-10-19(11-9-17)24-12-3-4-13-24/h3-11,14H,2,12-13,15H2,1H3,(H3,21,22,23). The summed E-state index contributed by atoms with van der Waals surface area (Å²) < 4.78 is 0. The second-order valence-electron chi connectivity index (χ2n) is 5.92. The van der Waals surface area contributed by atoms with Gasteiger partial charge in [0.1, 0.15) is 0 Å². The van der Waals surface area contributed by atoms with Crippen LogP contribution in [0.4, 0.5) is 11.4 Å². The van der Waals surface area contributed by atoms with Crippen molar-refractivity contribution in [3.8, 4) is 0 Å². The first-order chi connectivity index (χ1) is 11.7. The molecule has 4 nitrogen and oxygen atoms in total. The Morgan fingerprint density at radius 1 is 1.08 bits per heavy atom. The molecule has 24 heavy (non-hydrogen) atoms. The van der Waals surface area contributed by atoms with E-state index in [9.17, 15) is 0 Å². The molecule has 0 bridgehead atoms. The highest BCUT2D eigenvalue weighted by Gasteiger charge is 2.06. The van der Waals surface area contributed by atoms with Gasteiger partial charge in [-0.3, -0.25) is 0 Å². The number of aliphatic imine (C=N–C) groups is 1. The van der Waals surface area contributed by atoms with Crippen molar-refractivity contribution in [2.75, 3.05) is 23.3 Å². The molecule has 2 aromatic carbocycles. The van der Waals surface area contributed by atoms with Crippen LogP contribution in [0.1, 0.15) is 18.1 Å². The number of nitrogens with one attached hydrogen (secondary N) is 1. The number of hydrogen-bond donors (Lipinski definition) is 2. The van der Waals surface area contributed by atoms with Gasteiger partial charge in [0.25, 0.3) is 0 Å². The lowest BCUT2D eigenvalue weighted by atomic mass is 10.1. The van der Waals surface area contributed by atoms with Crippen molar-refractivity contribution >= 4 is 17.3 Å². The van der Waals surface area contributed by atoms with E-state index in [1.165, 1.54) is 11.3 Å². The van der Waals surface area contributed by atoms with Crippen LogP contribution in [0, 0.1) is 0 Å². The van der Waals surface area contributed by atoms with Gasteiger partial charge in [0.05, 0.1) is 6.54 Å². The number of nitrogens with zero attached hydrogens (tertiary/aromatic N) is 2. The summed E-state index contributed by atoms with van der Waals surface area (Å²) in [5.41, 5.74) is 10.7. The van der Waals surface area contributed by atoms with E-state index in [0.717, 1.165) is 30.8 Å². The third kappa shape index (κ3) is 4.16. The Labute approximate surface area is 143 Å². The first-order valence-corrected chi connectivity index (χ1v) is 8.39. The highest BCUT2D eigenvalue weighted by Crippen LogP contribution is 2.18. The van der Waals surface area contributed by atoms with E-state index in [1.807, 2.05) is 12.1 Å². The van der Waals surface area contributed by atoms with Gasteiger partial charge >= 0.3 is 0 Å². The van der Waals surface area contributed by atoms with Gasteiger partial charge in [-0.15, -0.1) is 0 Å². The van der Waals surface area contributed by atoms with Crippen LogP contribution in [-0.4, -0.2) is 19.0 Å². The molecule has 0 atom stereocenters. The molecule has 0 saturated carbocycles. The summed E-state index contributed by atoms with van der Waals surface area (Å²) in [6, 6.07) is 16.8. The molecule has 0 unspecified atom stereocenters. The van der Waals surface area contributed by atoms with Crippen LogP contribution in [0.15, 0.2) is 65.7 Å². The van der Waals surface area contributed by atoms with E-state index in [4.69, 9.17) is 5.73 Å². The Kier molecular flexibility index (Phi) is 5.16. The summed E-state index contributed by atoms with van der Waals surface area (Å²) in [4.78, 5) is 6.75. The lowest BCUT2D eigenvalue weighted by Gasteiger charge is -2.17. The first kappa shape index (κ1) is 16.1. The highest BCUT2D eigenvalue weighted by molar-refractivity contribution is 5.92. The molecule has 0 aromatic heterocycles. The minimum Gasteiger partial charge on any atom is -0.370 e. The molecular weight excluding hydrogens is 296 g/mol. The Morgan fingerprint density at radius 2 is 1.83 bits per heavy atom. The van der Waals surface area contributed by atoms with Gasteiger partial charge in [0, 0.05) is 24.5 Å². The molecule has 1 heterocycles. The lowest BCUT2D eigenvalue weighted by molar-refractivity contribution is 1.000. The molecule has 1 aliphatic heterocycles. The molecule has 2 aromatic rings. The van der Waals surface area contributed by atoms with Crippen LogP contribution in [0.3, 0.4) is 0 Å². The highest BCUT2D eigenvalue weighted by atomic mass is 15.1. The number of guanidine groups is 1. The van der Waals surface area contributed by atoms with Crippen molar-refractivity contribution in [1.29, 1.82) is 0 Å². The second-order valence-corrected chi connectivity index (χ2v) is 5.92. The number of benzene rings is 2. The number of nitrogens with two attached hydrogens (primary N) is 1. The Morgan fingerprint density at radius 3 is 2.54 bits per heavy atom. The van der Waals surface area contributed by atoms with Gasteiger partial charge in [-0.05, 0) is 41.8 Å². The molecule has 1 aliphatic rings. The van der Waals surface area contributed by atoms with Crippen LogP contribution in [0.2, 0.25) is 0 Å². The van der Waals surface area contributed by atoms with Crippen molar-refractivity contribution in [2.24, 2.45) is 10.7 Å². The fourth-order valence-corrected chi connectivity index (χ4v) is 2.73. The zero-order chi connectivity index (χ0) is 16.8. The van der Waals surface area contributed by atoms with Crippen LogP contribution < -0.4 is 16.0 Å². The zero-order valence-electron chi connectivity index (χ0n) is 14.1. The molecule has 0 spiro atoms. The molecule has 0 saturated heterocycles. The fraction of sp³-hybridized carbons (Fsp3) is 0.250. The molecule has 124 valence electrons. The summed E-state index contributed by atoms with van der Waals surface area (Å²) in [7, 11) is 0. The minimum atomic E-state index is 0.441. The quantitative estimate of drug-likeness (QED) is 0.503. The SMILES string of the molecule is CCc1cccc(NC(N)=NCc2ccc(N3CC=CC3)cc2)c1. The molecule has 0 aliphatic carbocycles. The topological polar surface area (TPSA) is 53.6 Å². The molecule has 3 rings (SSSR count). The Hall–Kier alpha value is -2.75. The molecule has 0 amide bonds. The van der Waals surface area contributed by atoms with Gasteiger partial charge < -0.3 is 16.0 Å². The molecular formula is C20H24N4. The zero-order valence-corrected chi connectivity index (χ0v) is 14.1. The maximum atomic E-state index is 6.00. The predicted octanol–water partition coefficient (Wildman–Crippen LogP) is 3.55. The van der Waals surface area contributed by atoms with Crippen LogP contribution in [0.5, 0.6) is 0 Å². The number of rotatable bonds is 5. The van der Waals surface area contributed by atoms with Gasteiger partial charge in [-0.2, -0.15) is 0 Å². The van der Waals surface area contributed by atoms with E-state index in [1.54, 1.807) is 0 Å². The monoisotopic (exact) mass is 320 g/mol. The Bertz CT molecular complexity index is 724. The normalized spacial score (nSPS) is 14.2. The average molecular weight is 320 g/mol. The largest absolute Gasteiger partial charge is 0.370 e. The van der Waals surface area contributed by atoms with Crippen LogP contribution in [-0.2, 0) is 13.0 Å². The van der Waals surface area contributed by atoms with Gasteiger partial charge in [-0.1, -0.05) is 43.3 Å². The summed E-state index contributed by atoms with van der Waals surface area (Å²) in [5, 5.41) is 3.15. The van der Waals surface area contributed by atoms with E-state index in [2.05, 4.69) is 70.7 Å². The summed E-state index contributed by atoms with van der Waals surface area (Å²) in [6.45, 7) is 4.69. The molecule has 4 heteroatoms. The van der Waals surface area contributed by atoms with Crippen LogP contribution >= 0.6 is 0 Å². The second kappa shape index (κ2) is 7.68. The summed E-state index contributed by atoms with van der Waals surface area (Å²) in [6.07, 6.45) is 5.39. The third-order valence-electron chi connectivity index (χ3n) is 4.16. The maximum Gasteiger partial charge on any atom is 0.193 e. The van der Waals surface area contributed by atoms with Gasteiger partial charge in [-0.25, -0.2) is 4.99 Å². The predicted molar refractivity (Wildman–Crippen MR) is 103 cm³/mol.